The van der Waals surface area contributed by atoms with Crippen molar-refractivity contribution in [3.05, 3.63) is 35.4 Å². The minimum atomic E-state index is -0.290. The number of ketones is 1. The second-order valence-electron chi connectivity index (χ2n) is 4.33. The van der Waals surface area contributed by atoms with Crippen molar-refractivity contribution < 1.29 is 14.3 Å². The Labute approximate surface area is 108 Å². The highest BCUT2D eigenvalue weighted by molar-refractivity contribution is 5.83. The Morgan fingerprint density at radius 2 is 1.94 bits per heavy atom. The van der Waals surface area contributed by atoms with Crippen LogP contribution >= 0.6 is 0 Å². The summed E-state index contributed by atoms with van der Waals surface area (Å²) >= 11 is 0. The zero-order valence-electron chi connectivity index (χ0n) is 11.1. The SMILES string of the molecule is CCOC(=O)CCC(=O)CCc1cccc(C)c1. The van der Waals surface area contributed by atoms with Gasteiger partial charge in [-0.1, -0.05) is 29.8 Å². The largest absolute Gasteiger partial charge is 0.466 e. The van der Waals surface area contributed by atoms with Crippen LogP contribution in [0.4, 0.5) is 0 Å². The Hall–Kier alpha value is -1.64. The molecular weight excluding hydrogens is 228 g/mol. The molecule has 0 spiro atoms. The summed E-state index contributed by atoms with van der Waals surface area (Å²) in [7, 11) is 0. The van der Waals surface area contributed by atoms with Crippen molar-refractivity contribution in [3.63, 3.8) is 0 Å². The van der Waals surface area contributed by atoms with Gasteiger partial charge >= 0.3 is 5.97 Å². The van der Waals surface area contributed by atoms with E-state index in [1.54, 1.807) is 6.92 Å². The van der Waals surface area contributed by atoms with Gasteiger partial charge in [-0.25, -0.2) is 0 Å². The van der Waals surface area contributed by atoms with Crippen molar-refractivity contribution in [2.75, 3.05) is 6.61 Å². The fourth-order valence-corrected chi connectivity index (χ4v) is 1.75. The van der Waals surface area contributed by atoms with Crippen LogP contribution in [0.1, 0.15) is 37.3 Å². The van der Waals surface area contributed by atoms with Gasteiger partial charge in [0.05, 0.1) is 13.0 Å². The lowest BCUT2D eigenvalue weighted by Crippen LogP contribution is -2.08. The average Bonchev–Trinajstić information content (AvgIpc) is 2.34. The molecule has 0 atom stereocenters. The molecule has 18 heavy (non-hydrogen) atoms. The van der Waals surface area contributed by atoms with E-state index in [-0.39, 0.29) is 24.6 Å². The standard InChI is InChI=1S/C15H20O3/c1-3-18-15(17)10-9-14(16)8-7-13-6-4-5-12(2)11-13/h4-6,11H,3,7-10H2,1-2H3. The number of hydrogen-bond donors (Lipinski definition) is 0. The first kappa shape index (κ1) is 14.4. The molecule has 0 N–H and O–H groups in total. The van der Waals surface area contributed by atoms with Crippen molar-refractivity contribution in [1.29, 1.82) is 0 Å². The summed E-state index contributed by atoms with van der Waals surface area (Å²) in [6, 6.07) is 8.13. The van der Waals surface area contributed by atoms with E-state index in [1.807, 2.05) is 25.1 Å². The molecule has 0 bridgehead atoms. The third-order valence-corrected chi connectivity index (χ3v) is 2.69. The second-order valence-corrected chi connectivity index (χ2v) is 4.33. The lowest BCUT2D eigenvalue weighted by Gasteiger charge is -2.03. The Morgan fingerprint density at radius 3 is 2.61 bits per heavy atom. The van der Waals surface area contributed by atoms with E-state index in [4.69, 9.17) is 4.74 Å². The van der Waals surface area contributed by atoms with Gasteiger partial charge in [0.1, 0.15) is 5.78 Å². The first-order valence-electron chi connectivity index (χ1n) is 6.34. The predicted octanol–water partition coefficient (Wildman–Crippen LogP) is 2.84. The van der Waals surface area contributed by atoms with Crippen molar-refractivity contribution >= 4 is 11.8 Å². The number of benzene rings is 1. The van der Waals surface area contributed by atoms with Gasteiger partial charge < -0.3 is 4.74 Å². The molecule has 0 saturated carbocycles. The maximum absolute atomic E-state index is 11.6. The molecule has 0 saturated heterocycles. The molecule has 0 aliphatic rings. The van der Waals surface area contributed by atoms with Crippen molar-refractivity contribution in [2.24, 2.45) is 0 Å². The van der Waals surface area contributed by atoms with Crippen LogP contribution in [-0.2, 0) is 20.7 Å². The van der Waals surface area contributed by atoms with E-state index in [0.29, 0.717) is 13.0 Å². The summed E-state index contributed by atoms with van der Waals surface area (Å²) in [5, 5.41) is 0. The van der Waals surface area contributed by atoms with E-state index < -0.39 is 0 Å². The lowest BCUT2D eigenvalue weighted by atomic mass is 10.0. The molecular formula is C15H20O3. The molecule has 1 aromatic carbocycles. The third kappa shape index (κ3) is 5.62. The summed E-state index contributed by atoms with van der Waals surface area (Å²) in [6.07, 6.45) is 1.71. The van der Waals surface area contributed by atoms with Crippen LogP contribution in [0.5, 0.6) is 0 Å². The normalized spacial score (nSPS) is 10.1. The van der Waals surface area contributed by atoms with Gasteiger partial charge in [-0.2, -0.15) is 0 Å². The van der Waals surface area contributed by atoms with Crippen LogP contribution in [0.3, 0.4) is 0 Å². The molecule has 0 radical (unpaired) electrons. The van der Waals surface area contributed by atoms with Crippen LogP contribution in [-0.4, -0.2) is 18.4 Å². The van der Waals surface area contributed by atoms with Crippen LogP contribution in [0.2, 0.25) is 0 Å². The van der Waals surface area contributed by atoms with Crippen LogP contribution in [0.25, 0.3) is 0 Å². The Balaban J connectivity index is 2.27. The molecule has 1 rings (SSSR count). The van der Waals surface area contributed by atoms with Gasteiger partial charge in [-0.05, 0) is 25.8 Å². The van der Waals surface area contributed by atoms with Gasteiger partial charge in [-0.3, -0.25) is 9.59 Å². The number of aryl methyl sites for hydroxylation is 2. The van der Waals surface area contributed by atoms with Crippen LogP contribution < -0.4 is 0 Å². The number of Topliss-reactive ketones (excluding diaryl/α,β-unsaturated/α-hetero) is 1. The number of carbonyl (C=O) groups is 2. The Kier molecular flexibility index (Phi) is 6.12. The highest BCUT2D eigenvalue weighted by atomic mass is 16.5. The summed E-state index contributed by atoms with van der Waals surface area (Å²) in [6.45, 7) is 4.17. The van der Waals surface area contributed by atoms with E-state index >= 15 is 0 Å². The highest BCUT2D eigenvalue weighted by Gasteiger charge is 2.07. The molecule has 0 aliphatic heterocycles. The number of carbonyl (C=O) groups excluding carboxylic acids is 2. The van der Waals surface area contributed by atoms with Gasteiger partial charge in [0.15, 0.2) is 0 Å². The van der Waals surface area contributed by atoms with Gasteiger partial charge in [0.2, 0.25) is 0 Å². The molecule has 98 valence electrons. The van der Waals surface area contributed by atoms with E-state index in [2.05, 4.69) is 6.07 Å². The fraction of sp³-hybridized carbons (Fsp3) is 0.467. The summed E-state index contributed by atoms with van der Waals surface area (Å²) < 4.78 is 4.78. The third-order valence-electron chi connectivity index (χ3n) is 2.69. The van der Waals surface area contributed by atoms with Gasteiger partial charge in [0.25, 0.3) is 0 Å². The highest BCUT2D eigenvalue weighted by Crippen LogP contribution is 2.08. The second kappa shape index (κ2) is 7.64. The van der Waals surface area contributed by atoms with E-state index in [1.165, 1.54) is 11.1 Å². The fourth-order valence-electron chi connectivity index (χ4n) is 1.75. The van der Waals surface area contributed by atoms with Crippen LogP contribution in [0, 0.1) is 6.92 Å². The van der Waals surface area contributed by atoms with Crippen molar-refractivity contribution in [3.8, 4) is 0 Å². The molecule has 3 heteroatoms. The number of rotatable bonds is 7. The van der Waals surface area contributed by atoms with Gasteiger partial charge in [-0.15, -0.1) is 0 Å². The molecule has 0 aliphatic carbocycles. The monoisotopic (exact) mass is 248 g/mol. The topological polar surface area (TPSA) is 43.4 Å². The number of ether oxygens (including phenoxy) is 1. The number of esters is 1. The Morgan fingerprint density at radius 1 is 1.17 bits per heavy atom. The van der Waals surface area contributed by atoms with Gasteiger partial charge in [0, 0.05) is 12.8 Å². The zero-order chi connectivity index (χ0) is 13.4. The molecule has 0 aromatic heterocycles. The summed E-state index contributed by atoms with van der Waals surface area (Å²) in [5.41, 5.74) is 2.37. The molecule has 0 fully saturated rings. The predicted molar refractivity (Wildman–Crippen MR) is 70.4 cm³/mol. The molecule has 0 unspecified atom stereocenters. The molecule has 3 nitrogen and oxygen atoms in total. The van der Waals surface area contributed by atoms with E-state index in [9.17, 15) is 9.59 Å². The first-order chi connectivity index (χ1) is 8.61. The zero-order valence-corrected chi connectivity index (χ0v) is 11.1. The number of hydrogen-bond acceptors (Lipinski definition) is 3. The minimum Gasteiger partial charge on any atom is -0.466 e. The Bertz CT molecular complexity index is 410. The minimum absolute atomic E-state index is 0.115. The van der Waals surface area contributed by atoms with Crippen molar-refractivity contribution in [1.82, 2.24) is 0 Å². The van der Waals surface area contributed by atoms with Crippen molar-refractivity contribution in [2.45, 2.75) is 39.5 Å². The smallest absolute Gasteiger partial charge is 0.306 e. The van der Waals surface area contributed by atoms with Crippen LogP contribution in [0.15, 0.2) is 24.3 Å². The molecule has 1 aromatic rings. The quantitative estimate of drug-likeness (QED) is 0.697. The first-order valence-corrected chi connectivity index (χ1v) is 6.34. The summed E-state index contributed by atoms with van der Waals surface area (Å²) in [4.78, 5) is 22.7. The summed E-state index contributed by atoms with van der Waals surface area (Å²) in [5.74, 6) is -0.175. The maximum Gasteiger partial charge on any atom is 0.306 e. The lowest BCUT2D eigenvalue weighted by molar-refractivity contribution is -0.144. The molecule has 0 heterocycles. The average molecular weight is 248 g/mol. The molecule has 0 amide bonds. The van der Waals surface area contributed by atoms with E-state index in [0.717, 1.165) is 6.42 Å². The maximum atomic E-state index is 11.6.